The molecule has 0 saturated carbocycles. The highest BCUT2D eigenvalue weighted by molar-refractivity contribution is 5.79. The Morgan fingerprint density at radius 3 is 2.39 bits per heavy atom. The van der Waals surface area contributed by atoms with Crippen molar-refractivity contribution in [3.63, 3.8) is 0 Å². The number of carbonyl (C=O) groups is 1. The van der Waals surface area contributed by atoms with Crippen LogP contribution in [-0.4, -0.2) is 39.5 Å². The van der Waals surface area contributed by atoms with Crippen molar-refractivity contribution in [2.75, 3.05) is 6.61 Å². The molecular weight excluding hydrogens is 410 g/mol. The normalized spacial score (nSPS) is 21.2. The molecule has 2 bridgehead atoms. The van der Waals surface area contributed by atoms with Crippen LogP contribution in [0.1, 0.15) is 61.8 Å². The van der Waals surface area contributed by atoms with Gasteiger partial charge in [-0.3, -0.25) is 9.58 Å². The minimum atomic E-state index is -0.183. The smallest absolute Gasteiger partial charge is 0.410 e. The van der Waals surface area contributed by atoms with Crippen molar-refractivity contribution in [2.45, 2.75) is 57.2 Å². The van der Waals surface area contributed by atoms with Gasteiger partial charge in [0, 0.05) is 29.8 Å². The van der Waals surface area contributed by atoms with Crippen molar-refractivity contribution in [2.24, 2.45) is 0 Å². The monoisotopic (exact) mass is 439 g/mol. The largest absolute Gasteiger partial charge is 0.448 e. The van der Waals surface area contributed by atoms with Crippen LogP contribution in [0.5, 0.6) is 0 Å². The Bertz CT molecular complexity index is 1200. The van der Waals surface area contributed by atoms with Crippen LogP contribution in [-0.2, 0) is 4.74 Å². The summed E-state index contributed by atoms with van der Waals surface area (Å²) in [4.78, 5) is 15.2. The summed E-state index contributed by atoms with van der Waals surface area (Å²) < 4.78 is 7.97. The second kappa shape index (κ2) is 7.91. The molecule has 1 aliphatic carbocycles. The quantitative estimate of drug-likeness (QED) is 0.498. The predicted octanol–water partition coefficient (Wildman–Crippen LogP) is 6.03. The molecule has 0 spiro atoms. The lowest BCUT2D eigenvalue weighted by Gasteiger charge is -2.33. The fourth-order valence-corrected chi connectivity index (χ4v) is 5.78. The van der Waals surface area contributed by atoms with Gasteiger partial charge in [-0.05, 0) is 60.9 Å². The second-order valence-electron chi connectivity index (χ2n) is 9.71. The number of aromatic nitrogens is 2. The van der Waals surface area contributed by atoms with E-state index < -0.39 is 0 Å². The van der Waals surface area contributed by atoms with E-state index in [9.17, 15) is 4.79 Å². The molecular formula is C28H29N3O2. The van der Waals surface area contributed by atoms with E-state index in [0.717, 1.165) is 19.3 Å². The van der Waals surface area contributed by atoms with Gasteiger partial charge in [-0.15, -0.1) is 0 Å². The minimum Gasteiger partial charge on any atom is -0.448 e. The third kappa shape index (κ3) is 3.38. The first-order chi connectivity index (χ1) is 16.1. The molecule has 5 nitrogen and oxygen atoms in total. The highest BCUT2D eigenvalue weighted by Gasteiger charge is 2.41. The van der Waals surface area contributed by atoms with Gasteiger partial charge in [-0.1, -0.05) is 54.6 Å². The SMILES string of the molecule is CC(C)n1cc(C2=CC3CCC(C2)N3C(=O)OCC2c3ccccc3-c3ccccc32)cn1. The van der Waals surface area contributed by atoms with Gasteiger partial charge in [0.05, 0.1) is 12.2 Å². The average Bonchev–Trinajstić information content (AvgIpc) is 3.51. The Balaban J connectivity index is 1.19. The lowest BCUT2D eigenvalue weighted by molar-refractivity contribution is 0.0866. The summed E-state index contributed by atoms with van der Waals surface area (Å²) in [6.07, 6.45) is 9.03. The lowest BCUT2D eigenvalue weighted by atomic mass is 9.97. The summed E-state index contributed by atoms with van der Waals surface area (Å²) >= 11 is 0. The van der Waals surface area contributed by atoms with Crippen molar-refractivity contribution in [1.29, 1.82) is 0 Å². The van der Waals surface area contributed by atoms with E-state index in [2.05, 4.69) is 79.7 Å². The molecule has 0 N–H and O–H groups in total. The van der Waals surface area contributed by atoms with Gasteiger partial charge in [0.15, 0.2) is 0 Å². The van der Waals surface area contributed by atoms with Gasteiger partial charge < -0.3 is 4.74 Å². The summed E-state index contributed by atoms with van der Waals surface area (Å²) in [5.74, 6) is 0.0942. The third-order valence-electron chi connectivity index (χ3n) is 7.44. The Kier molecular flexibility index (Phi) is 4.86. The minimum absolute atomic E-state index is 0.0942. The molecule has 3 aliphatic rings. The lowest BCUT2D eigenvalue weighted by Crippen LogP contribution is -2.43. The number of amides is 1. The third-order valence-corrected chi connectivity index (χ3v) is 7.44. The van der Waals surface area contributed by atoms with Crippen LogP contribution in [0.25, 0.3) is 16.7 Å². The Morgan fingerprint density at radius 1 is 1.06 bits per heavy atom. The van der Waals surface area contributed by atoms with Crippen molar-refractivity contribution in [3.8, 4) is 11.1 Å². The topological polar surface area (TPSA) is 47.4 Å². The van der Waals surface area contributed by atoms with E-state index in [1.807, 2.05) is 15.8 Å². The average molecular weight is 440 g/mol. The number of rotatable bonds is 4. The summed E-state index contributed by atoms with van der Waals surface area (Å²) in [6, 6.07) is 17.6. The van der Waals surface area contributed by atoms with Crippen LogP contribution in [0, 0.1) is 0 Å². The highest BCUT2D eigenvalue weighted by atomic mass is 16.6. The van der Waals surface area contributed by atoms with Gasteiger partial charge in [0.1, 0.15) is 6.61 Å². The standard InChI is InChI=1S/C28H29N3O2/c1-18(2)30-16-20(15-29-30)19-13-21-11-12-22(14-19)31(21)28(32)33-17-27-25-9-5-3-7-23(25)24-8-4-6-10-26(24)27/h3-10,13,15-16,18,21-22,27H,11-12,14,17H2,1-2H3. The summed E-state index contributed by atoms with van der Waals surface area (Å²) in [6.45, 7) is 4.64. The van der Waals surface area contributed by atoms with Gasteiger partial charge in [-0.2, -0.15) is 5.10 Å². The first kappa shape index (κ1) is 20.3. The van der Waals surface area contributed by atoms with E-state index >= 15 is 0 Å². The van der Waals surface area contributed by atoms with Crippen LogP contribution in [0.15, 0.2) is 67.0 Å². The Morgan fingerprint density at radius 2 is 1.76 bits per heavy atom. The predicted molar refractivity (Wildman–Crippen MR) is 129 cm³/mol. The summed E-state index contributed by atoms with van der Waals surface area (Å²) in [7, 11) is 0. The molecule has 168 valence electrons. The summed E-state index contributed by atoms with van der Waals surface area (Å²) in [5.41, 5.74) is 7.48. The molecule has 2 aromatic carbocycles. The second-order valence-corrected chi connectivity index (χ2v) is 9.71. The van der Waals surface area contributed by atoms with Gasteiger partial charge in [-0.25, -0.2) is 4.79 Å². The maximum absolute atomic E-state index is 13.2. The molecule has 2 aliphatic heterocycles. The molecule has 2 unspecified atom stereocenters. The van der Waals surface area contributed by atoms with E-state index in [0.29, 0.717) is 12.6 Å². The number of hydrogen-bond donors (Lipinski definition) is 0. The number of benzene rings is 2. The van der Waals surface area contributed by atoms with Crippen LogP contribution in [0.4, 0.5) is 4.79 Å². The molecule has 6 rings (SSSR count). The van der Waals surface area contributed by atoms with E-state index in [-0.39, 0.29) is 24.1 Å². The van der Waals surface area contributed by atoms with Gasteiger partial charge >= 0.3 is 6.09 Å². The first-order valence-electron chi connectivity index (χ1n) is 12.0. The van der Waals surface area contributed by atoms with Crippen LogP contribution < -0.4 is 0 Å². The molecule has 1 aromatic heterocycles. The molecule has 1 amide bonds. The molecule has 3 heterocycles. The fourth-order valence-electron chi connectivity index (χ4n) is 5.78. The van der Waals surface area contributed by atoms with Crippen molar-refractivity contribution < 1.29 is 9.53 Å². The number of carbonyl (C=O) groups excluding carboxylic acids is 1. The van der Waals surface area contributed by atoms with Gasteiger partial charge in [0.2, 0.25) is 0 Å². The molecule has 33 heavy (non-hydrogen) atoms. The maximum Gasteiger partial charge on any atom is 0.410 e. The number of hydrogen-bond acceptors (Lipinski definition) is 3. The number of fused-ring (bicyclic) bond motifs is 5. The molecule has 3 aromatic rings. The van der Waals surface area contributed by atoms with Gasteiger partial charge in [0.25, 0.3) is 0 Å². The molecule has 5 heteroatoms. The zero-order valence-electron chi connectivity index (χ0n) is 19.1. The Hall–Kier alpha value is -3.34. The maximum atomic E-state index is 13.2. The highest BCUT2D eigenvalue weighted by Crippen LogP contribution is 2.45. The number of ether oxygens (including phenoxy) is 1. The van der Waals surface area contributed by atoms with E-state index in [1.54, 1.807) is 0 Å². The van der Waals surface area contributed by atoms with Crippen LogP contribution >= 0.6 is 0 Å². The van der Waals surface area contributed by atoms with Crippen LogP contribution in [0.2, 0.25) is 0 Å². The Labute approximate surface area is 194 Å². The van der Waals surface area contributed by atoms with Crippen molar-refractivity contribution in [3.05, 3.63) is 83.7 Å². The zero-order valence-corrected chi connectivity index (χ0v) is 19.1. The molecule has 1 fully saturated rings. The molecule has 1 saturated heterocycles. The first-order valence-corrected chi connectivity index (χ1v) is 12.0. The van der Waals surface area contributed by atoms with E-state index in [1.165, 1.54) is 33.4 Å². The van der Waals surface area contributed by atoms with Crippen molar-refractivity contribution in [1.82, 2.24) is 14.7 Å². The number of nitrogens with zero attached hydrogens (tertiary/aromatic N) is 3. The summed E-state index contributed by atoms with van der Waals surface area (Å²) in [5, 5.41) is 4.50. The van der Waals surface area contributed by atoms with E-state index in [4.69, 9.17) is 4.74 Å². The molecule has 2 atom stereocenters. The van der Waals surface area contributed by atoms with Crippen molar-refractivity contribution >= 4 is 11.7 Å². The van der Waals surface area contributed by atoms with Crippen LogP contribution in [0.3, 0.4) is 0 Å². The fraction of sp³-hybridized carbons (Fsp3) is 0.357. The zero-order chi connectivity index (χ0) is 22.5. The molecule has 0 radical (unpaired) electrons.